The Hall–Kier alpha value is -3.05. The van der Waals surface area contributed by atoms with Gasteiger partial charge in [-0.15, -0.1) is 0 Å². The van der Waals surface area contributed by atoms with E-state index in [9.17, 15) is 14.9 Å². The minimum atomic E-state index is -0.792. The summed E-state index contributed by atoms with van der Waals surface area (Å²) in [7, 11) is 1.51. The minimum absolute atomic E-state index is 0.270. The van der Waals surface area contributed by atoms with Gasteiger partial charge < -0.3 is 4.74 Å². The average Bonchev–Trinajstić information content (AvgIpc) is 3.12. The standard InChI is InChI=1S/C19H15Br2N5O4/c1-30-17-6-5-15(21)8-13(17)9-22-23-19(27)18-16(26(28)29)11-25(24-18)10-12-3-2-4-14(20)7-12/h2-9,11H,10H2,1H3,(H,23,27)/b22-9+. The van der Waals surface area contributed by atoms with E-state index in [2.05, 4.69) is 47.5 Å². The van der Waals surface area contributed by atoms with Crippen LogP contribution >= 0.6 is 31.9 Å². The molecule has 0 aliphatic rings. The second-order valence-corrected chi connectivity index (χ2v) is 7.86. The van der Waals surface area contributed by atoms with Crippen molar-refractivity contribution in [3.05, 3.63) is 84.5 Å². The van der Waals surface area contributed by atoms with Crippen LogP contribution in [0.4, 0.5) is 5.69 Å². The summed E-state index contributed by atoms with van der Waals surface area (Å²) in [5.74, 6) is -0.236. The monoisotopic (exact) mass is 535 g/mol. The van der Waals surface area contributed by atoms with E-state index in [1.165, 1.54) is 24.2 Å². The molecule has 0 aliphatic heterocycles. The van der Waals surface area contributed by atoms with Gasteiger partial charge in [-0.2, -0.15) is 10.2 Å². The van der Waals surface area contributed by atoms with Crippen LogP contribution in [0.1, 0.15) is 21.6 Å². The molecule has 0 saturated carbocycles. The molecule has 0 saturated heterocycles. The molecule has 0 radical (unpaired) electrons. The number of benzene rings is 2. The molecule has 0 aliphatic carbocycles. The molecule has 30 heavy (non-hydrogen) atoms. The van der Waals surface area contributed by atoms with Crippen LogP contribution in [-0.2, 0) is 6.54 Å². The fourth-order valence-electron chi connectivity index (χ4n) is 2.63. The number of hydrazone groups is 1. The molecule has 1 amide bonds. The third-order valence-corrected chi connectivity index (χ3v) is 4.94. The van der Waals surface area contributed by atoms with E-state index in [-0.39, 0.29) is 12.2 Å². The van der Waals surface area contributed by atoms with Crippen molar-refractivity contribution in [2.45, 2.75) is 6.54 Å². The summed E-state index contributed by atoms with van der Waals surface area (Å²) in [6.45, 7) is 0.270. The molecular weight excluding hydrogens is 522 g/mol. The Morgan fingerprint density at radius 3 is 2.77 bits per heavy atom. The molecule has 0 fully saturated rings. The van der Waals surface area contributed by atoms with Crippen LogP contribution in [0.3, 0.4) is 0 Å². The van der Waals surface area contributed by atoms with Crippen LogP contribution in [0.2, 0.25) is 0 Å². The molecule has 1 aromatic heterocycles. The maximum absolute atomic E-state index is 12.4. The van der Waals surface area contributed by atoms with Crippen LogP contribution in [0.15, 0.2) is 62.7 Å². The lowest BCUT2D eigenvalue weighted by atomic mass is 10.2. The van der Waals surface area contributed by atoms with Gasteiger partial charge in [0.2, 0.25) is 5.69 Å². The third-order valence-electron chi connectivity index (χ3n) is 3.95. The topological polar surface area (TPSA) is 112 Å². The van der Waals surface area contributed by atoms with E-state index < -0.39 is 16.5 Å². The van der Waals surface area contributed by atoms with E-state index in [1.807, 2.05) is 24.3 Å². The van der Waals surface area contributed by atoms with E-state index >= 15 is 0 Å². The second kappa shape index (κ2) is 9.63. The summed E-state index contributed by atoms with van der Waals surface area (Å²) in [6.07, 6.45) is 2.60. The molecule has 11 heteroatoms. The van der Waals surface area contributed by atoms with Crippen LogP contribution in [-0.4, -0.2) is 33.9 Å². The number of nitrogens with one attached hydrogen (secondary N) is 1. The van der Waals surface area contributed by atoms with Gasteiger partial charge in [-0.05, 0) is 35.9 Å². The molecule has 0 bridgehead atoms. The molecule has 0 spiro atoms. The molecular formula is C19H15Br2N5O4. The number of methoxy groups -OCH3 is 1. The van der Waals surface area contributed by atoms with E-state index in [1.54, 1.807) is 18.2 Å². The Morgan fingerprint density at radius 1 is 1.30 bits per heavy atom. The highest BCUT2D eigenvalue weighted by Gasteiger charge is 2.25. The Kier molecular flexibility index (Phi) is 6.95. The number of rotatable bonds is 7. The van der Waals surface area contributed by atoms with Crippen LogP contribution < -0.4 is 10.2 Å². The summed E-state index contributed by atoms with van der Waals surface area (Å²) in [5, 5.41) is 19.3. The number of halogens is 2. The van der Waals surface area contributed by atoms with Gasteiger partial charge in [-0.3, -0.25) is 19.6 Å². The molecule has 9 nitrogen and oxygen atoms in total. The molecule has 3 aromatic rings. The summed E-state index contributed by atoms with van der Waals surface area (Å²) < 4.78 is 8.25. The van der Waals surface area contributed by atoms with Crippen molar-refractivity contribution in [2.24, 2.45) is 5.10 Å². The Balaban J connectivity index is 1.79. The van der Waals surface area contributed by atoms with Crippen molar-refractivity contribution in [3.63, 3.8) is 0 Å². The van der Waals surface area contributed by atoms with Gasteiger partial charge in [0.05, 0.1) is 24.8 Å². The number of carbonyl (C=O) groups is 1. The molecule has 1 heterocycles. The zero-order valence-corrected chi connectivity index (χ0v) is 18.8. The predicted molar refractivity (Wildman–Crippen MR) is 118 cm³/mol. The number of nitrogens with zero attached hydrogens (tertiary/aromatic N) is 4. The molecule has 0 unspecified atom stereocenters. The molecule has 0 atom stereocenters. The van der Waals surface area contributed by atoms with Crippen LogP contribution in [0.25, 0.3) is 0 Å². The first-order chi connectivity index (χ1) is 14.4. The van der Waals surface area contributed by atoms with Crippen molar-refractivity contribution in [1.82, 2.24) is 15.2 Å². The largest absolute Gasteiger partial charge is 0.496 e. The number of nitro groups is 1. The molecule has 2 aromatic carbocycles. The SMILES string of the molecule is COc1ccc(Br)cc1/C=N/NC(=O)c1nn(Cc2cccc(Br)c2)cc1[N+](=O)[O-]. The molecule has 3 rings (SSSR count). The Labute approximate surface area is 188 Å². The van der Waals surface area contributed by atoms with Gasteiger partial charge in [0.1, 0.15) is 11.9 Å². The lowest BCUT2D eigenvalue weighted by Gasteiger charge is -2.04. The van der Waals surface area contributed by atoms with Crippen molar-refractivity contribution < 1.29 is 14.5 Å². The van der Waals surface area contributed by atoms with Crippen molar-refractivity contribution in [1.29, 1.82) is 0 Å². The first-order valence-corrected chi connectivity index (χ1v) is 10.1. The van der Waals surface area contributed by atoms with Crippen molar-refractivity contribution in [2.75, 3.05) is 7.11 Å². The van der Waals surface area contributed by atoms with E-state index in [0.29, 0.717) is 11.3 Å². The van der Waals surface area contributed by atoms with Crippen LogP contribution in [0, 0.1) is 10.1 Å². The smallest absolute Gasteiger partial charge is 0.320 e. The molecule has 1 N–H and O–H groups in total. The predicted octanol–water partition coefficient (Wildman–Crippen LogP) is 4.14. The van der Waals surface area contributed by atoms with Crippen molar-refractivity contribution >= 4 is 49.7 Å². The number of amides is 1. The lowest BCUT2D eigenvalue weighted by Crippen LogP contribution is -2.19. The van der Waals surface area contributed by atoms with Gasteiger partial charge in [-0.1, -0.05) is 44.0 Å². The van der Waals surface area contributed by atoms with E-state index in [0.717, 1.165) is 14.5 Å². The van der Waals surface area contributed by atoms with E-state index in [4.69, 9.17) is 4.74 Å². The summed E-state index contributed by atoms with van der Waals surface area (Å²) in [4.78, 5) is 23.2. The quantitative estimate of drug-likeness (QED) is 0.277. The lowest BCUT2D eigenvalue weighted by molar-refractivity contribution is -0.385. The van der Waals surface area contributed by atoms with Gasteiger partial charge in [-0.25, -0.2) is 5.43 Å². The van der Waals surface area contributed by atoms with Gasteiger partial charge in [0, 0.05) is 14.5 Å². The Morgan fingerprint density at radius 2 is 2.07 bits per heavy atom. The van der Waals surface area contributed by atoms with Crippen LogP contribution in [0.5, 0.6) is 5.75 Å². The highest BCUT2D eigenvalue weighted by molar-refractivity contribution is 9.10. The number of hydrogen-bond acceptors (Lipinski definition) is 6. The first-order valence-electron chi connectivity index (χ1n) is 8.50. The Bertz CT molecular complexity index is 1130. The second-order valence-electron chi connectivity index (χ2n) is 6.03. The fraction of sp³-hybridized carbons (Fsp3) is 0.105. The number of aromatic nitrogens is 2. The highest BCUT2D eigenvalue weighted by Crippen LogP contribution is 2.22. The number of hydrogen-bond donors (Lipinski definition) is 1. The maximum Gasteiger partial charge on any atom is 0.320 e. The summed E-state index contributed by atoms with van der Waals surface area (Å²) in [6, 6.07) is 12.7. The molecule has 154 valence electrons. The summed E-state index contributed by atoms with van der Waals surface area (Å²) >= 11 is 6.72. The normalized spacial score (nSPS) is 10.9. The zero-order chi connectivity index (χ0) is 21.7. The third kappa shape index (κ3) is 5.30. The maximum atomic E-state index is 12.4. The minimum Gasteiger partial charge on any atom is -0.496 e. The van der Waals surface area contributed by atoms with Gasteiger partial charge in [0.25, 0.3) is 5.91 Å². The summed E-state index contributed by atoms with van der Waals surface area (Å²) in [5.41, 5.74) is 3.02. The van der Waals surface area contributed by atoms with Gasteiger partial charge >= 0.3 is 5.69 Å². The van der Waals surface area contributed by atoms with Crippen molar-refractivity contribution in [3.8, 4) is 5.75 Å². The van der Waals surface area contributed by atoms with Gasteiger partial charge in [0.15, 0.2) is 0 Å². The number of ether oxygens (including phenoxy) is 1. The zero-order valence-electron chi connectivity index (χ0n) is 15.6. The number of carbonyl (C=O) groups excluding carboxylic acids is 1. The fourth-order valence-corrected chi connectivity index (χ4v) is 3.45. The first kappa shape index (κ1) is 21.7. The highest BCUT2D eigenvalue weighted by atomic mass is 79.9. The average molecular weight is 537 g/mol.